The number of anilines is 1. The number of carbonyl (C=O) groups is 2. The summed E-state index contributed by atoms with van der Waals surface area (Å²) in [6.45, 7) is 1.38. The van der Waals surface area contributed by atoms with Crippen molar-refractivity contribution in [3.8, 4) is 0 Å². The Morgan fingerprint density at radius 2 is 1.69 bits per heavy atom. The second kappa shape index (κ2) is 6.34. The minimum absolute atomic E-state index is 0.0722. The summed E-state index contributed by atoms with van der Waals surface area (Å²) < 4.78 is 0. The highest BCUT2D eigenvalue weighted by Gasteiger charge is 2.43. The van der Waals surface area contributed by atoms with E-state index < -0.39 is 11.0 Å². The average Bonchev–Trinajstić information content (AvgIpc) is 2.95. The molecule has 0 radical (unpaired) electrons. The molecule has 7 nitrogen and oxygen atoms in total. The van der Waals surface area contributed by atoms with Gasteiger partial charge in [0, 0.05) is 25.2 Å². The largest absolute Gasteiger partial charge is 0.287 e. The van der Waals surface area contributed by atoms with Crippen molar-refractivity contribution in [2.24, 2.45) is 0 Å². The summed E-state index contributed by atoms with van der Waals surface area (Å²) in [7, 11) is 0. The van der Waals surface area contributed by atoms with Gasteiger partial charge in [0.05, 0.1) is 23.1 Å². The molecule has 1 fully saturated rings. The van der Waals surface area contributed by atoms with Gasteiger partial charge in [-0.05, 0) is 29.7 Å². The number of nitro benzene ring substituents is 1. The van der Waals surface area contributed by atoms with Crippen LogP contribution >= 0.6 is 0 Å². The molecule has 1 unspecified atom stereocenters. The van der Waals surface area contributed by atoms with Crippen LogP contribution in [0, 0.1) is 10.1 Å². The van der Waals surface area contributed by atoms with Crippen molar-refractivity contribution in [2.75, 3.05) is 11.4 Å². The maximum Gasteiger partial charge on any atom is 0.269 e. The second-order valence-corrected chi connectivity index (χ2v) is 6.55. The van der Waals surface area contributed by atoms with Gasteiger partial charge in [-0.2, -0.15) is 0 Å². The van der Waals surface area contributed by atoms with E-state index in [1.165, 1.54) is 35.4 Å². The van der Waals surface area contributed by atoms with Crippen LogP contribution in [0.15, 0.2) is 48.5 Å². The molecule has 0 saturated carbocycles. The SMILES string of the molecule is O=C1CC(N2CCc3ccccc3C2)C(=O)N1c1ccc([N+](=O)[O-])cc1. The highest BCUT2D eigenvalue weighted by Crippen LogP contribution is 2.30. The normalized spacial score (nSPS) is 20.3. The number of nitrogens with zero attached hydrogens (tertiary/aromatic N) is 3. The van der Waals surface area contributed by atoms with E-state index in [1.54, 1.807) is 0 Å². The standard InChI is InChI=1S/C19H17N3O4/c23-18-11-17(20-10-9-13-3-1-2-4-14(13)12-20)19(24)21(18)15-5-7-16(8-6-15)22(25)26/h1-8,17H,9-12H2. The topological polar surface area (TPSA) is 83.8 Å². The van der Waals surface area contributed by atoms with Crippen LogP contribution in [-0.2, 0) is 22.6 Å². The van der Waals surface area contributed by atoms with Gasteiger partial charge in [0.15, 0.2) is 0 Å². The molecule has 2 aromatic rings. The van der Waals surface area contributed by atoms with Crippen LogP contribution < -0.4 is 4.90 Å². The maximum absolute atomic E-state index is 12.9. The van der Waals surface area contributed by atoms with Crippen LogP contribution in [0.3, 0.4) is 0 Å². The van der Waals surface area contributed by atoms with Gasteiger partial charge in [-0.1, -0.05) is 24.3 Å². The third-order valence-corrected chi connectivity index (χ3v) is 5.04. The van der Waals surface area contributed by atoms with Gasteiger partial charge in [0.2, 0.25) is 5.91 Å². The summed E-state index contributed by atoms with van der Waals surface area (Å²) in [5.74, 6) is -0.532. The first-order chi connectivity index (χ1) is 12.5. The van der Waals surface area contributed by atoms with Crippen molar-refractivity contribution in [1.29, 1.82) is 0 Å². The molecule has 0 aliphatic carbocycles. The van der Waals surface area contributed by atoms with E-state index in [0.717, 1.165) is 17.9 Å². The monoisotopic (exact) mass is 351 g/mol. The third-order valence-electron chi connectivity index (χ3n) is 5.04. The minimum atomic E-state index is -0.509. The quantitative estimate of drug-likeness (QED) is 0.481. The predicted octanol–water partition coefficient (Wildman–Crippen LogP) is 2.29. The van der Waals surface area contributed by atoms with E-state index in [2.05, 4.69) is 12.1 Å². The molecule has 132 valence electrons. The first-order valence-electron chi connectivity index (χ1n) is 8.46. The molecule has 4 rings (SSSR count). The molecule has 0 spiro atoms. The number of hydrogen-bond donors (Lipinski definition) is 0. The number of imide groups is 1. The van der Waals surface area contributed by atoms with E-state index in [9.17, 15) is 19.7 Å². The Labute approximate surface area is 150 Å². The molecular formula is C19H17N3O4. The molecule has 1 saturated heterocycles. The summed E-state index contributed by atoms with van der Waals surface area (Å²) in [5.41, 5.74) is 2.78. The van der Waals surface area contributed by atoms with Crippen LogP contribution in [0.4, 0.5) is 11.4 Å². The maximum atomic E-state index is 12.9. The highest BCUT2D eigenvalue weighted by atomic mass is 16.6. The lowest BCUT2D eigenvalue weighted by molar-refractivity contribution is -0.384. The number of nitro groups is 1. The van der Waals surface area contributed by atoms with Crippen LogP contribution in [0.5, 0.6) is 0 Å². The zero-order valence-electron chi connectivity index (χ0n) is 14.0. The fourth-order valence-electron chi connectivity index (χ4n) is 3.68. The number of hydrogen-bond acceptors (Lipinski definition) is 5. The summed E-state index contributed by atoms with van der Waals surface area (Å²) in [5, 5.41) is 10.8. The van der Waals surface area contributed by atoms with Gasteiger partial charge in [0.25, 0.3) is 11.6 Å². The lowest BCUT2D eigenvalue weighted by Gasteiger charge is -2.32. The molecule has 2 amide bonds. The number of amides is 2. The van der Waals surface area contributed by atoms with Crippen molar-refractivity contribution in [3.05, 3.63) is 69.8 Å². The van der Waals surface area contributed by atoms with Gasteiger partial charge in [0.1, 0.15) is 0 Å². The summed E-state index contributed by atoms with van der Waals surface area (Å²) in [4.78, 5) is 38.8. The molecule has 1 atom stereocenters. The molecule has 7 heteroatoms. The Morgan fingerprint density at radius 1 is 1.00 bits per heavy atom. The highest BCUT2D eigenvalue weighted by molar-refractivity contribution is 6.22. The molecular weight excluding hydrogens is 334 g/mol. The summed E-state index contributed by atoms with van der Waals surface area (Å²) >= 11 is 0. The average molecular weight is 351 g/mol. The van der Waals surface area contributed by atoms with E-state index in [4.69, 9.17) is 0 Å². The Bertz CT molecular complexity index is 894. The van der Waals surface area contributed by atoms with Gasteiger partial charge in [-0.3, -0.25) is 24.6 Å². The van der Waals surface area contributed by atoms with E-state index >= 15 is 0 Å². The smallest absolute Gasteiger partial charge is 0.269 e. The number of benzene rings is 2. The molecule has 26 heavy (non-hydrogen) atoms. The second-order valence-electron chi connectivity index (χ2n) is 6.55. The Balaban J connectivity index is 1.55. The van der Waals surface area contributed by atoms with E-state index in [-0.39, 0.29) is 23.9 Å². The lowest BCUT2D eigenvalue weighted by Crippen LogP contribution is -2.44. The Hall–Kier alpha value is -3.06. The van der Waals surface area contributed by atoms with Gasteiger partial charge < -0.3 is 0 Å². The van der Waals surface area contributed by atoms with Crippen molar-refractivity contribution in [3.63, 3.8) is 0 Å². The minimum Gasteiger partial charge on any atom is -0.287 e. The summed E-state index contributed by atoms with van der Waals surface area (Å²) in [6, 6.07) is 13.2. The van der Waals surface area contributed by atoms with Gasteiger partial charge in [-0.25, -0.2) is 4.90 Å². The van der Waals surface area contributed by atoms with Crippen LogP contribution in [0.25, 0.3) is 0 Å². The molecule has 2 aliphatic rings. The predicted molar refractivity (Wildman–Crippen MR) is 94.6 cm³/mol. The third kappa shape index (κ3) is 2.76. The number of rotatable bonds is 3. The fraction of sp³-hybridized carbons (Fsp3) is 0.263. The van der Waals surface area contributed by atoms with Crippen LogP contribution in [-0.4, -0.2) is 34.2 Å². The van der Waals surface area contributed by atoms with Gasteiger partial charge in [-0.15, -0.1) is 0 Å². The molecule has 2 aromatic carbocycles. The van der Waals surface area contributed by atoms with Crippen molar-refractivity contribution in [1.82, 2.24) is 4.90 Å². The first kappa shape index (κ1) is 16.4. The van der Waals surface area contributed by atoms with Crippen LogP contribution in [0.2, 0.25) is 0 Å². The lowest BCUT2D eigenvalue weighted by atomic mass is 9.98. The number of carbonyl (C=O) groups excluding carboxylic acids is 2. The molecule has 0 aromatic heterocycles. The fourth-order valence-corrected chi connectivity index (χ4v) is 3.68. The van der Waals surface area contributed by atoms with Crippen molar-refractivity contribution in [2.45, 2.75) is 25.4 Å². The molecule has 0 N–H and O–H groups in total. The van der Waals surface area contributed by atoms with Crippen molar-refractivity contribution < 1.29 is 14.5 Å². The van der Waals surface area contributed by atoms with E-state index in [1.807, 2.05) is 17.0 Å². The Morgan fingerprint density at radius 3 is 2.38 bits per heavy atom. The van der Waals surface area contributed by atoms with Crippen molar-refractivity contribution >= 4 is 23.2 Å². The Kier molecular flexibility index (Phi) is 4.00. The number of non-ortho nitro benzene ring substituents is 1. The molecule has 2 aliphatic heterocycles. The number of fused-ring (bicyclic) bond motifs is 1. The van der Waals surface area contributed by atoms with Gasteiger partial charge >= 0.3 is 0 Å². The zero-order chi connectivity index (χ0) is 18.3. The van der Waals surface area contributed by atoms with Crippen LogP contribution in [0.1, 0.15) is 17.5 Å². The molecule has 2 heterocycles. The van der Waals surface area contributed by atoms with E-state index in [0.29, 0.717) is 12.2 Å². The summed E-state index contributed by atoms with van der Waals surface area (Å²) in [6.07, 6.45) is 0.990. The zero-order valence-corrected chi connectivity index (χ0v) is 14.0. The first-order valence-corrected chi connectivity index (χ1v) is 8.46. The molecule has 0 bridgehead atoms.